The van der Waals surface area contributed by atoms with E-state index in [1.54, 1.807) is 24.4 Å². The fourth-order valence-corrected chi connectivity index (χ4v) is 1.52. The molecule has 0 fully saturated rings. The van der Waals surface area contributed by atoms with E-state index in [1.807, 2.05) is 6.07 Å². The van der Waals surface area contributed by atoms with Gasteiger partial charge >= 0.3 is 0 Å². The Bertz CT molecular complexity index is 435. The van der Waals surface area contributed by atoms with E-state index in [0.717, 1.165) is 10.9 Å². The number of H-pyrrole nitrogens is 1. The highest BCUT2D eigenvalue weighted by Gasteiger charge is 1.95. The summed E-state index contributed by atoms with van der Waals surface area (Å²) in [4.78, 5) is 3.25. The minimum atomic E-state index is -2.14. The Hall–Kier alpha value is -1.13. The number of benzene rings is 1. The third-order valence-electron chi connectivity index (χ3n) is 1.72. The van der Waals surface area contributed by atoms with Gasteiger partial charge in [-0.05, 0) is 34.7 Å². The van der Waals surface area contributed by atoms with Crippen molar-refractivity contribution in [3.8, 4) is 0 Å². The second-order valence-electron chi connectivity index (χ2n) is 2.46. The van der Waals surface area contributed by atoms with Crippen LogP contribution in [0, 0.1) is 0 Å². The smallest absolute Gasteiger partial charge is 0.0465 e. The lowest BCUT2D eigenvalue weighted by Crippen LogP contribution is -1.87. The van der Waals surface area contributed by atoms with Gasteiger partial charge in [0.2, 0.25) is 0 Å². The SMILES string of the molecule is O=S([O-])c1ccc2cc[nH]c2c1. The van der Waals surface area contributed by atoms with Gasteiger partial charge in [0.15, 0.2) is 0 Å². The molecule has 62 valence electrons. The quantitative estimate of drug-likeness (QED) is 0.674. The van der Waals surface area contributed by atoms with Crippen molar-refractivity contribution in [2.75, 3.05) is 0 Å². The Balaban J connectivity index is 2.68. The van der Waals surface area contributed by atoms with E-state index in [2.05, 4.69) is 4.98 Å². The van der Waals surface area contributed by atoms with Gasteiger partial charge in [-0.2, -0.15) is 0 Å². The first-order chi connectivity index (χ1) is 5.77. The van der Waals surface area contributed by atoms with Crippen LogP contribution in [0.1, 0.15) is 0 Å². The third-order valence-corrected chi connectivity index (χ3v) is 2.36. The molecule has 1 aromatic carbocycles. The maximum absolute atomic E-state index is 10.6. The second kappa shape index (κ2) is 2.73. The lowest BCUT2D eigenvalue weighted by atomic mass is 10.2. The van der Waals surface area contributed by atoms with Crippen LogP contribution >= 0.6 is 0 Å². The summed E-state index contributed by atoms with van der Waals surface area (Å²) < 4.78 is 21.1. The Morgan fingerprint density at radius 1 is 1.33 bits per heavy atom. The second-order valence-corrected chi connectivity index (χ2v) is 3.40. The molecule has 1 unspecified atom stereocenters. The van der Waals surface area contributed by atoms with Gasteiger partial charge in [0.1, 0.15) is 0 Å². The molecular weight excluding hydrogens is 174 g/mol. The van der Waals surface area contributed by atoms with E-state index in [9.17, 15) is 8.76 Å². The van der Waals surface area contributed by atoms with Crippen LogP contribution in [0.3, 0.4) is 0 Å². The van der Waals surface area contributed by atoms with Gasteiger partial charge in [-0.15, -0.1) is 0 Å². The molecule has 0 radical (unpaired) electrons. The maximum Gasteiger partial charge on any atom is 0.0465 e. The molecule has 0 bridgehead atoms. The standard InChI is InChI=1S/C8H7NO2S/c10-12(11)7-2-1-6-3-4-9-8(6)5-7/h1-5,9H,(H,10,11)/p-1. The molecule has 0 saturated heterocycles. The zero-order chi connectivity index (χ0) is 8.55. The Morgan fingerprint density at radius 3 is 2.92 bits per heavy atom. The molecule has 0 aliphatic heterocycles. The zero-order valence-electron chi connectivity index (χ0n) is 6.11. The van der Waals surface area contributed by atoms with Crippen LogP contribution < -0.4 is 0 Å². The molecule has 0 saturated carbocycles. The molecule has 0 aliphatic carbocycles. The monoisotopic (exact) mass is 180 g/mol. The van der Waals surface area contributed by atoms with E-state index in [4.69, 9.17) is 0 Å². The lowest BCUT2D eigenvalue weighted by molar-refractivity contribution is 0.537. The Labute approximate surface area is 71.7 Å². The van der Waals surface area contributed by atoms with Crippen LogP contribution in [0.5, 0.6) is 0 Å². The first kappa shape index (κ1) is 7.52. The third kappa shape index (κ3) is 1.15. The molecule has 0 amide bonds. The predicted molar refractivity (Wildman–Crippen MR) is 45.5 cm³/mol. The molecule has 0 spiro atoms. The highest BCUT2D eigenvalue weighted by Crippen LogP contribution is 2.15. The fraction of sp³-hybridized carbons (Fsp3) is 0. The molecule has 1 atom stereocenters. The summed E-state index contributed by atoms with van der Waals surface area (Å²) in [6, 6.07) is 6.86. The summed E-state index contributed by atoms with van der Waals surface area (Å²) in [5, 5.41) is 1.02. The van der Waals surface area contributed by atoms with Crippen LogP contribution in [-0.2, 0) is 11.1 Å². The van der Waals surface area contributed by atoms with E-state index >= 15 is 0 Å². The van der Waals surface area contributed by atoms with Crippen molar-refractivity contribution in [1.82, 2.24) is 4.98 Å². The van der Waals surface area contributed by atoms with Crippen LogP contribution in [0.4, 0.5) is 0 Å². The average Bonchev–Trinajstić information content (AvgIpc) is 2.49. The molecule has 1 aromatic heterocycles. The predicted octanol–water partition coefficient (Wildman–Crippen LogP) is 1.41. The van der Waals surface area contributed by atoms with E-state index < -0.39 is 11.1 Å². The number of hydrogen-bond donors (Lipinski definition) is 1. The topological polar surface area (TPSA) is 55.9 Å². The molecule has 12 heavy (non-hydrogen) atoms. The first-order valence-electron chi connectivity index (χ1n) is 3.44. The zero-order valence-corrected chi connectivity index (χ0v) is 6.93. The maximum atomic E-state index is 10.6. The minimum Gasteiger partial charge on any atom is -0.768 e. The van der Waals surface area contributed by atoms with E-state index in [1.165, 1.54) is 0 Å². The van der Waals surface area contributed by atoms with E-state index in [-0.39, 0.29) is 0 Å². The van der Waals surface area contributed by atoms with Gasteiger partial charge in [-0.3, -0.25) is 4.21 Å². The number of fused-ring (bicyclic) bond motifs is 1. The van der Waals surface area contributed by atoms with Crippen molar-refractivity contribution in [2.45, 2.75) is 4.90 Å². The van der Waals surface area contributed by atoms with Crippen molar-refractivity contribution in [3.05, 3.63) is 30.5 Å². The van der Waals surface area contributed by atoms with Crippen molar-refractivity contribution in [2.24, 2.45) is 0 Å². The molecule has 4 heteroatoms. The van der Waals surface area contributed by atoms with Crippen LogP contribution in [-0.4, -0.2) is 13.7 Å². The van der Waals surface area contributed by atoms with Crippen molar-refractivity contribution in [1.29, 1.82) is 0 Å². The van der Waals surface area contributed by atoms with Crippen molar-refractivity contribution in [3.63, 3.8) is 0 Å². The van der Waals surface area contributed by atoms with Gasteiger partial charge in [0, 0.05) is 16.6 Å². The summed E-state index contributed by atoms with van der Waals surface area (Å²) in [5.74, 6) is 0. The summed E-state index contributed by atoms with van der Waals surface area (Å²) in [6.45, 7) is 0. The summed E-state index contributed by atoms with van der Waals surface area (Å²) in [6.07, 6.45) is 1.78. The van der Waals surface area contributed by atoms with Crippen LogP contribution in [0.15, 0.2) is 35.4 Å². The first-order valence-corrected chi connectivity index (χ1v) is 4.51. The van der Waals surface area contributed by atoms with Crippen molar-refractivity contribution >= 4 is 22.0 Å². The van der Waals surface area contributed by atoms with E-state index in [0.29, 0.717) is 4.90 Å². The summed E-state index contributed by atoms with van der Waals surface area (Å²) >= 11 is -2.14. The number of aromatic nitrogens is 1. The number of rotatable bonds is 1. The Kier molecular flexibility index (Phi) is 1.71. The van der Waals surface area contributed by atoms with Gasteiger partial charge in [0.05, 0.1) is 0 Å². The lowest BCUT2D eigenvalue weighted by Gasteiger charge is -2.03. The van der Waals surface area contributed by atoms with Gasteiger partial charge in [0.25, 0.3) is 0 Å². The Morgan fingerprint density at radius 2 is 2.17 bits per heavy atom. The minimum absolute atomic E-state index is 0.310. The average molecular weight is 180 g/mol. The molecule has 1 N–H and O–H groups in total. The summed E-state index contributed by atoms with van der Waals surface area (Å²) in [7, 11) is 0. The molecule has 2 aromatic rings. The largest absolute Gasteiger partial charge is 0.768 e. The molecular formula is C8H6NO2S-. The number of nitrogens with one attached hydrogen (secondary N) is 1. The van der Waals surface area contributed by atoms with Gasteiger partial charge in [-0.25, -0.2) is 0 Å². The van der Waals surface area contributed by atoms with Crippen LogP contribution in [0.2, 0.25) is 0 Å². The van der Waals surface area contributed by atoms with Crippen molar-refractivity contribution < 1.29 is 8.76 Å². The van der Waals surface area contributed by atoms with Crippen LogP contribution in [0.25, 0.3) is 10.9 Å². The highest BCUT2D eigenvalue weighted by atomic mass is 32.2. The van der Waals surface area contributed by atoms with Gasteiger partial charge < -0.3 is 9.54 Å². The molecule has 2 rings (SSSR count). The summed E-state index contributed by atoms with van der Waals surface area (Å²) in [5.41, 5.74) is 0.844. The molecule has 1 heterocycles. The highest BCUT2D eigenvalue weighted by molar-refractivity contribution is 7.79. The number of hydrogen-bond acceptors (Lipinski definition) is 2. The normalized spacial score (nSPS) is 13.4. The van der Waals surface area contributed by atoms with Gasteiger partial charge in [-0.1, -0.05) is 6.07 Å². The molecule has 3 nitrogen and oxygen atoms in total. The molecule has 0 aliphatic rings. The number of aromatic amines is 1. The fourth-order valence-electron chi connectivity index (χ4n) is 1.13.